The molecule has 2 aliphatic carbocycles. The average molecular weight is 484 g/mol. The molecule has 0 aromatic carbocycles. The lowest BCUT2D eigenvalue weighted by Gasteiger charge is -2.39. The van der Waals surface area contributed by atoms with Gasteiger partial charge in [-0.05, 0) is 37.0 Å². The normalized spacial score (nSPS) is 27.5. The van der Waals surface area contributed by atoms with Gasteiger partial charge >= 0.3 is 0 Å². The number of hydrogen-bond donors (Lipinski definition) is 4. The van der Waals surface area contributed by atoms with Gasteiger partial charge in [-0.15, -0.1) is 11.3 Å². The number of thiophene rings is 1. The maximum Gasteiger partial charge on any atom is 0.233 e. The molecule has 0 bridgehead atoms. The Balaban J connectivity index is 1.61. The number of nitrogens with zero attached hydrogens (tertiary/aromatic N) is 3. The number of anilines is 1. The van der Waals surface area contributed by atoms with E-state index in [1.165, 1.54) is 18.4 Å². The number of amides is 1. The van der Waals surface area contributed by atoms with Gasteiger partial charge in [0, 0.05) is 19.5 Å². The van der Waals surface area contributed by atoms with Crippen LogP contribution in [0.4, 0.5) is 5.69 Å². The van der Waals surface area contributed by atoms with Crippen molar-refractivity contribution >= 4 is 45.7 Å². The number of hydrogen-bond acceptors (Lipinski definition) is 7. The molecule has 2 aliphatic rings. The summed E-state index contributed by atoms with van der Waals surface area (Å²) in [6.07, 6.45) is 2.70. The van der Waals surface area contributed by atoms with Crippen molar-refractivity contribution in [1.29, 1.82) is 0 Å². The first kappa shape index (κ1) is 21.9. The van der Waals surface area contributed by atoms with Crippen LogP contribution in [0.2, 0.25) is 4.34 Å². The predicted octanol–water partition coefficient (Wildman–Crippen LogP) is 2.17. The van der Waals surface area contributed by atoms with Crippen LogP contribution >= 0.6 is 22.9 Å². The van der Waals surface area contributed by atoms with Gasteiger partial charge in [-0.3, -0.25) is 4.79 Å². The van der Waals surface area contributed by atoms with E-state index >= 15 is 0 Å². The molecule has 170 valence electrons. The highest BCUT2D eigenvalue weighted by Gasteiger charge is 2.66. The van der Waals surface area contributed by atoms with Gasteiger partial charge in [-0.25, -0.2) is 9.97 Å². The van der Waals surface area contributed by atoms with Crippen LogP contribution in [0.5, 0.6) is 0 Å². The smallest absolute Gasteiger partial charge is 0.233 e. The summed E-state index contributed by atoms with van der Waals surface area (Å²) in [6.45, 7) is 2.66. The van der Waals surface area contributed by atoms with Gasteiger partial charge in [0.2, 0.25) is 5.91 Å². The number of rotatable bonds is 4. The second-order valence-corrected chi connectivity index (χ2v) is 9.80. The third kappa shape index (κ3) is 3.25. The first-order valence-electron chi connectivity index (χ1n) is 10.6. The van der Waals surface area contributed by atoms with Crippen molar-refractivity contribution < 1.29 is 15.0 Å². The highest BCUT2D eigenvalue weighted by atomic mass is 35.5. The fourth-order valence-electron chi connectivity index (χ4n) is 4.83. The van der Waals surface area contributed by atoms with E-state index in [9.17, 15) is 15.0 Å². The Morgan fingerprint density at radius 3 is 2.82 bits per heavy atom. The van der Waals surface area contributed by atoms with Gasteiger partial charge in [-0.2, -0.15) is 0 Å². The summed E-state index contributed by atoms with van der Waals surface area (Å²) in [7, 11) is 1.52. The van der Waals surface area contributed by atoms with Crippen molar-refractivity contribution in [1.82, 2.24) is 19.9 Å². The largest absolute Gasteiger partial charge is 0.389 e. The highest BCUT2D eigenvalue weighted by Crippen LogP contribution is 2.57. The van der Waals surface area contributed by atoms with Crippen LogP contribution in [0.15, 0.2) is 36.7 Å². The number of pyridine rings is 1. The van der Waals surface area contributed by atoms with E-state index in [0.717, 1.165) is 10.6 Å². The molecule has 3 aromatic rings. The highest BCUT2D eigenvalue weighted by molar-refractivity contribution is 7.16. The molecule has 0 saturated heterocycles. The molecular weight excluding hydrogens is 462 g/mol. The van der Waals surface area contributed by atoms with Gasteiger partial charge in [-0.1, -0.05) is 23.8 Å². The third-order valence-electron chi connectivity index (χ3n) is 6.39. The first-order valence-corrected chi connectivity index (χ1v) is 11.8. The average Bonchev–Trinajstić information content (AvgIpc) is 3.43. The number of allylic oxidation sites excluding steroid dienone is 1. The number of carbonyl (C=O) groups is 1. The van der Waals surface area contributed by atoms with Crippen LogP contribution in [0, 0.1) is 23.2 Å². The summed E-state index contributed by atoms with van der Waals surface area (Å²) >= 11 is 7.39. The molecule has 1 amide bonds. The Morgan fingerprint density at radius 1 is 1.36 bits per heavy atom. The molecule has 0 radical (unpaired) electrons. The molecule has 8 nitrogen and oxygen atoms in total. The van der Waals surface area contributed by atoms with Gasteiger partial charge < -0.3 is 25.4 Å². The summed E-state index contributed by atoms with van der Waals surface area (Å²) in [6, 6.07) is 4.88. The van der Waals surface area contributed by atoms with Crippen LogP contribution in [0.25, 0.3) is 11.2 Å². The lowest BCUT2D eigenvalue weighted by Crippen LogP contribution is -2.52. The quantitative estimate of drug-likeness (QED) is 0.334. The minimum absolute atomic E-state index is 0.323. The monoisotopic (exact) mass is 483 g/mol. The van der Waals surface area contributed by atoms with E-state index in [4.69, 9.17) is 16.6 Å². The summed E-state index contributed by atoms with van der Waals surface area (Å²) in [5.41, 5.74) is 1.27. The molecule has 3 heterocycles. The minimum Gasteiger partial charge on any atom is -0.389 e. The van der Waals surface area contributed by atoms with E-state index in [2.05, 4.69) is 27.5 Å². The van der Waals surface area contributed by atoms with Gasteiger partial charge in [0.25, 0.3) is 0 Å². The van der Waals surface area contributed by atoms with E-state index < -0.39 is 29.6 Å². The fourth-order valence-corrected chi connectivity index (χ4v) is 5.72. The molecule has 2 unspecified atom stereocenters. The zero-order valence-corrected chi connectivity index (χ0v) is 19.5. The van der Waals surface area contributed by atoms with E-state index in [1.807, 2.05) is 25.1 Å². The second kappa shape index (κ2) is 8.15. The Bertz CT molecular complexity index is 1340. The predicted molar refractivity (Wildman–Crippen MR) is 127 cm³/mol. The lowest BCUT2D eigenvalue weighted by atomic mass is 9.66. The number of nitrogens with one attached hydrogen (secondary N) is 2. The lowest BCUT2D eigenvalue weighted by molar-refractivity contribution is -0.137. The Hall–Kier alpha value is -2.90. The molecule has 5 rings (SSSR count). The summed E-state index contributed by atoms with van der Waals surface area (Å²) < 4.78 is 2.41. The van der Waals surface area contributed by atoms with E-state index in [-0.39, 0.29) is 5.91 Å². The molecular formula is C23H22ClN5O3S. The minimum atomic E-state index is -1.24. The fraction of sp³-hybridized carbons (Fsp3) is 0.348. The topological polar surface area (TPSA) is 112 Å². The Labute approximate surface area is 199 Å². The molecule has 3 aromatic heterocycles. The maximum absolute atomic E-state index is 12.6. The van der Waals surface area contributed by atoms with Crippen LogP contribution in [-0.2, 0) is 4.79 Å². The molecule has 4 N–H and O–H groups in total. The zero-order valence-electron chi connectivity index (χ0n) is 17.9. The zero-order chi connectivity index (χ0) is 23.3. The number of fused-ring (bicyclic) bond motifs is 2. The summed E-state index contributed by atoms with van der Waals surface area (Å²) in [5, 5.41) is 27.7. The number of aliphatic hydroxyl groups excluding tert-OH is 2. The molecule has 0 aliphatic heterocycles. The third-order valence-corrected chi connectivity index (χ3v) is 7.53. The van der Waals surface area contributed by atoms with Crippen LogP contribution in [0.1, 0.15) is 23.5 Å². The number of aliphatic hydroxyl groups is 2. The van der Waals surface area contributed by atoms with Gasteiger partial charge in [0.15, 0.2) is 5.65 Å². The van der Waals surface area contributed by atoms with Crippen LogP contribution < -0.4 is 10.6 Å². The standard InChI is InChI=1S/C23H22ClN5O3S/c1-3-26-15-10-12(4-5-13-6-7-16(24)33-13)28-21-17(15)27-11-29(21)18-14-8-9-23(14,22(32)25-2)20(31)19(18)30/h6-11,14,18-20,30-31H,3H2,1-2H3,(H,25,32)(H,26,28)/t14-,18-,19?,20?,23+/m1/s1. The second-order valence-electron chi connectivity index (χ2n) is 8.09. The molecule has 5 atom stereocenters. The summed E-state index contributed by atoms with van der Waals surface area (Å²) in [4.78, 5) is 22.7. The van der Waals surface area contributed by atoms with Gasteiger partial charge in [0.1, 0.15) is 28.8 Å². The van der Waals surface area contributed by atoms with Crippen molar-refractivity contribution in [3.05, 3.63) is 51.6 Å². The first-order chi connectivity index (χ1) is 15.9. The van der Waals surface area contributed by atoms with E-state index in [0.29, 0.717) is 27.7 Å². The Morgan fingerprint density at radius 2 is 2.18 bits per heavy atom. The SMILES string of the molecule is CCNc1cc(C#Cc2ccc(Cl)s2)nc2c1ncn2[C@H]1C(O)C(O)[C@]2(C(=O)NC)C=C[C@H]12. The van der Waals surface area contributed by atoms with Crippen LogP contribution in [-0.4, -0.2) is 56.5 Å². The van der Waals surface area contributed by atoms with Crippen molar-refractivity contribution in [3.63, 3.8) is 0 Å². The maximum atomic E-state index is 12.6. The summed E-state index contributed by atoms with van der Waals surface area (Å²) in [5.74, 6) is 5.44. The number of aromatic nitrogens is 3. The van der Waals surface area contributed by atoms with Crippen molar-refractivity contribution in [2.45, 2.75) is 25.2 Å². The van der Waals surface area contributed by atoms with Crippen molar-refractivity contribution in [3.8, 4) is 11.8 Å². The number of halogens is 1. The number of carbonyl (C=O) groups excluding carboxylic acids is 1. The van der Waals surface area contributed by atoms with Crippen molar-refractivity contribution in [2.24, 2.45) is 11.3 Å². The van der Waals surface area contributed by atoms with Crippen LogP contribution in [0.3, 0.4) is 0 Å². The molecule has 10 heteroatoms. The molecule has 33 heavy (non-hydrogen) atoms. The van der Waals surface area contributed by atoms with Crippen molar-refractivity contribution in [2.75, 3.05) is 18.9 Å². The molecule has 1 fully saturated rings. The number of imidazole rings is 1. The molecule has 1 saturated carbocycles. The molecule has 0 spiro atoms. The van der Waals surface area contributed by atoms with Gasteiger partial charge in [0.05, 0.1) is 27.3 Å². The Kier molecular flexibility index (Phi) is 5.41. The van der Waals surface area contributed by atoms with E-state index in [1.54, 1.807) is 23.0 Å².